The van der Waals surface area contributed by atoms with E-state index < -0.39 is 0 Å². The molecule has 0 fully saturated rings. The number of nitrogens with zero attached hydrogens (tertiary/aromatic N) is 1. The fourth-order valence-corrected chi connectivity index (χ4v) is 2.85. The van der Waals surface area contributed by atoms with Crippen molar-refractivity contribution < 1.29 is 14.3 Å². The van der Waals surface area contributed by atoms with Crippen LogP contribution in [0.15, 0.2) is 42.5 Å². The zero-order valence-corrected chi connectivity index (χ0v) is 15.7. The normalized spacial score (nSPS) is 11.8. The van der Waals surface area contributed by atoms with E-state index in [0.29, 0.717) is 24.5 Å². The second-order valence-corrected chi connectivity index (χ2v) is 6.20. The standard InChI is InChI=1S/C20H24N4O3/c1-13(19-23-15-6-4-5-7-16(15)24-19)22-20(25)21-11-10-14-8-9-17(26-2)18(12-14)27-3/h4-9,12-13H,10-11H2,1-3H3,(H,23,24)(H2,21,22,25)/t13-/m0/s1. The molecule has 3 aromatic rings. The van der Waals surface area contributed by atoms with Gasteiger partial charge in [-0.3, -0.25) is 0 Å². The van der Waals surface area contributed by atoms with Crippen molar-refractivity contribution >= 4 is 17.1 Å². The summed E-state index contributed by atoms with van der Waals surface area (Å²) in [5.41, 5.74) is 2.89. The number of nitrogens with one attached hydrogen (secondary N) is 3. The highest BCUT2D eigenvalue weighted by Gasteiger charge is 2.13. The van der Waals surface area contributed by atoms with Gasteiger partial charge in [0.15, 0.2) is 11.5 Å². The van der Waals surface area contributed by atoms with Gasteiger partial charge in [0.1, 0.15) is 5.82 Å². The van der Waals surface area contributed by atoms with Crippen molar-refractivity contribution in [3.8, 4) is 11.5 Å². The maximum absolute atomic E-state index is 12.1. The molecule has 2 aromatic carbocycles. The number of rotatable bonds is 7. The summed E-state index contributed by atoms with van der Waals surface area (Å²) in [5.74, 6) is 2.09. The third kappa shape index (κ3) is 4.49. The Hall–Kier alpha value is -3.22. The highest BCUT2D eigenvalue weighted by atomic mass is 16.5. The van der Waals surface area contributed by atoms with E-state index in [1.165, 1.54) is 0 Å². The van der Waals surface area contributed by atoms with E-state index in [1.807, 2.05) is 49.4 Å². The summed E-state index contributed by atoms with van der Waals surface area (Å²) in [6.45, 7) is 2.40. The Balaban J connectivity index is 1.50. The first-order valence-corrected chi connectivity index (χ1v) is 8.80. The number of ether oxygens (including phenoxy) is 2. The number of hydrogen-bond acceptors (Lipinski definition) is 4. The van der Waals surface area contributed by atoms with E-state index in [2.05, 4.69) is 20.6 Å². The molecule has 0 saturated carbocycles. The Bertz CT molecular complexity index is 889. The molecule has 3 rings (SSSR count). The number of aromatic nitrogens is 2. The van der Waals surface area contributed by atoms with Crippen molar-refractivity contribution in [2.75, 3.05) is 20.8 Å². The summed E-state index contributed by atoms with van der Waals surface area (Å²) in [4.78, 5) is 19.9. The van der Waals surface area contributed by atoms with Gasteiger partial charge in [-0.15, -0.1) is 0 Å². The summed E-state index contributed by atoms with van der Waals surface area (Å²) in [6, 6.07) is 13.1. The quantitative estimate of drug-likeness (QED) is 0.598. The minimum absolute atomic E-state index is 0.224. The molecule has 0 spiro atoms. The van der Waals surface area contributed by atoms with Crippen molar-refractivity contribution in [1.82, 2.24) is 20.6 Å². The number of aromatic amines is 1. The molecular formula is C20H24N4O3. The van der Waals surface area contributed by atoms with Crippen LogP contribution in [0.2, 0.25) is 0 Å². The summed E-state index contributed by atoms with van der Waals surface area (Å²) < 4.78 is 10.5. The highest BCUT2D eigenvalue weighted by Crippen LogP contribution is 2.27. The average molecular weight is 368 g/mol. The van der Waals surface area contributed by atoms with Crippen LogP contribution in [0.1, 0.15) is 24.4 Å². The number of amides is 2. The third-order valence-electron chi connectivity index (χ3n) is 4.31. The Morgan fingerprint density at radius 2 is 1.93 bits per heavy atom. The molecule has 2 amide bonds. The SMILES string of the molecule is COc1ccc(CCNC(=O)N[C@@H](C)c2nc3ccccc3[nH]2)cc1OC. The molecule has 0 aliphatic rings. The molecule has 7 nitrogen and oxygen atoms in total. The van der Waals surface area contributed by atoms with Gasteiger partial charge in [-0.25, -0.2) is 9.78 Å². The lowest BCUT2D eigenvalue weighted by atomic mass is 10.1. The fourth-order valence-electron chi connectivity index (χ4n) is 2.85. The molecule has 3 N–H and O–H groups in total. The maximum atomic E-state index is 12.1. The molecule has 1 atom stereocenters. The van der Waals surface area contributed by atoms with Crippen molar-refractivity contribution in [2.45, 2.75) is 19.4 Å². The molecule has 7 heteroatoms. The zero-order chi connectivity index (χ0) is 19.2. The van der Waals surface area contributed by atoms with Gasteiger partial charge in [0.05, 0.1) is 31.3 Å². The topological polar surface area (TPSA) is 88.3 Å². The number of carbonyl (C=O) groups excluding carboxylic acids is 1. The second kappa shape index (κ2) is 8.44. The predicted octanol–water partition coefficient (Wildman–Crippen LogP) is 3.18. The molecule has 0 aliphatic heterocycles. The molecule has 0 saturated heterocycles. The summed E-state index contributed by atoms with van der Waals surface area (Å²) in [5, 5.41) is 5.76. The number of H-pyrrole nitrogens is 1. The van der Waals surface area contributed by atoms with Crippen LogP contribution in [0.3, 0.4) is 0 Å². The molecule has 0 aliphatic carbocycles. The van der Waals surface area contributed by atoms with E-state index in [-0.39, 0.29) is 12.1 Å². The largest absolute Gasteiger partial charge is 0.493 e. The van der Waals surface area contributed by atoms with E-state index in [9.17, 15) is 4.79 Å². The van der Waals surface area contributed by atoms with Gasteiger partial charge in [-0.1, -0.05) is 18.2 Å². The van der Waals surface area contributed by atoms with Gasteiger partial charge in [-0.05, 0) is 43.2 Å². The Morgan fingerprint density at radius 3 is 2.67 bits per heavy atom. The molecule has 1 aromatic heterocycles. The average Bonchev–Trinajstić information content (AvgIpc) is 3.12. The molecule has 0 unspecified atom stereocenters. The van der Waals surface area contributed by atoms with Crippen LogP contribution >= 0.6 is 0 Å². The number of urea groups is 1. The number of imidazole rings is 1. The van der Waals surface area contributed by atoms with Crippen LogP contribution in [0, 0.1) is 0 Å². The lowest BCUT2D eigenvalue weighted by molar-refractivity contribution is 0.237. The Labute approximate surface area is 158 Å². The van der Waals surface area contributed by atoms with Crippen LogP contribution in [0.4, 0.5) is 4.79 Å². The number of hydrogen-bond donors (Lipinski definition) is 3. The minimum atomic E-state index is -0.233. The van der Waals surface area contributed by atoms with Crippen LogP contribution < -0.4 is 20.1 Å². The Morgan fingerprint density at radius 1 is 1.15 bits per heavy atom. The van der Waals surface area contributed by atoms with Crippen molar-refractivity contribution in [1.29, 1.82) is 0 Å². The van der Waals surface area contributed by atoms with Crippen molar-refractivity contribution in [2.24, 2.45) is 0 Å². The monoisotopic (exact) mass is 368 g/mol. The lowest BCUT2D eigenvalue weighted by Crippen LogP contribution is -2.38. The van der Waals surface area contributed by atoms with Crippen LogP contribution in [0.25, 0.3) is 11.0 Å². The van der Waals surface area contributed by atoms with Crippen molar-refractivity contribution in [3.63, 3.8) is 0 Å². The van der Waals surface area contributed by atoms with Gasteiger partial charge in [0, 0.05) is 6.54 Å². The van der Waals surface area contributed by atoms with Gasteiger partial charge < -0.3 is 25.1 Å². The van der Waals surface area contributed by atoms with Crippen LogP contribution in [0.5, 0.6) is 11.5 Å². The van der Waals surface area contributed by atoms with Gasteiger partial charge in [0.25, 0.3) is 0 Å². The molecule has 0 radical (unpaired) electrons. The van der Waals surface area contributed by atoms with Gasteiger partial charge in [-0.2, -0.15) is 0 Å². The molecule has 27 heavy (non-hydrogen) atoms. The number of para-hydroxylation sites is 2. The molecular weight excluding hydrogens is 344 g/mol. The van der Waals surface area contributed by atoms with Crippen LogP contribution in [-0.4, -0.2) is 36.8 Å². The summed E-state index contributed by atoms with van der Waals surface area (Å²) >= 11 is 0. The predicted molar refractivity (Wildman–Crippen MR) is 104 cm³/mol. The molecule has 1 heterocycles. The zero-order valence-electron chi connectivity index (χ0n) is 15.7. The third-order valence-corrected chi connectivity index (χ3v) is 4.31. The first kappa shape index (κ1) is 18.6. The van der Waals surface area contributed by atoms with Crippen LogP contribution in [-0.2, 0) is 6.42 Å². The smallest absolute Gasteiger partial charge is 0.315 e. The number of carbonyl (C=O) groups is 1. The maximum Gasteiger partial charge on any atom is 0.315 e. The molecule has 142 valence electrons. The first-order valence-electron chi connectivity index (χ1n) is 8.80. The van der Waals surface area contributed by atoms with Gasteiger partial charge >= 0.3 is 6.03 Å². The Kier molecular flexibility index (Phi) is 5.80. The summed E-state index contributed by atoms with van der Waals surface area (Å²) in [6.07, 6.45) is 0.687. The summed E-state index contributed by atoms with van der Waals surface area (Å²) in [7, 11) is 3.21. The number of methoxy groups -OCH3 is 2. The first-order chi connectivity index (χ1) is 13.1. The lowest BCUT2D eigenvalue weighted by Gasteiger charge is -2.13. The van der Waals surface area contributed by atoms with E-state index >= 15 is 0 Å². The highest BCUT2D eigenvalue weighted by molar-refractivity contribution is 5.76. The van der Waals surface area contributed by atoms with E-state index in [4.69, 9.17) is 9.47 Å². The van der Waals surface area contributed by atoms with E-state index in [1.54, 1.807) is 14.2 Å². The number of fused-ring (bicyclic) bond motifs is 1. The molecule has 0 bridgehead atoms. The second-order valence-electron chi connectivity index (χ2n) is 6.20. The van der Waals surface area contributed by atoms with Gasteiger partial charge in [0.2, 0.25) is 0 Å². The minimum Gasteiger partial charge on any atom is -0.493 e. The van der Waals surface area contributed by atoms with Crippen molar-refractivity contribution in [3.05, 3.63) is 53.9 Å². The fraction of sp³-hybridized carbons (Fsp3) is 0.300. The van der Waals surface area contributed by atoms with E-state index in [0.717, 1.165) is 22.4 Å². The number of benzene rings is 2.